The van der Waals surface area contributed by atoms with Crippen molar-refractivity contribution < 1.29 is 8.76 Å². The fourth-order valence-electron chi connectivity index (χ4n) is 0.0823. The summed E-state index contributed by atoms with van der Waals surface area (Å²) in [6.07, 6.45) is 1.44. The van der Waals surface area contributed by atoms with E-state index in [2.05, 4.69) is 6.58 Å². The van der Waals surface area contributed by atoms with Crippen molar-refractivity contribution in [2.45, 2.75) is 12.2 Å². The molecule has 0 aliphatic rings. The minimum absolute atomic E-state index is 0.306. The molecule has 0 spiro atoms. The molecule has 7 heavy (non-hydrogen) atoms. The van der Waals surface area contributed by atoms with Gasteiger partial charge < -0.3 is 4.55 Å². The smallest absolute Gasteiger partial charge is 0.159 e. The van der Waals surface area contributed by atoms with Crippen molar-refractivity contribution in [2.75, 3.05) is 0 Å². The van der Waals surface area contributed by atoms with Gasteiger partial charge in [-0.1, -0.05) is 6.08 Å². The Labute approximate surface area is 45.5 Å². The standard InChI is InChI=1S/C4H8O2S/c1-3-4(2)7(5)6/h3-4H,1H2,2H3,(H,5,6). The summed E-state index contributed by atoms with van der Waals surface area (Å²) in [5.41, 5.74) is 0. The van der Waals surface area contributed by atoms with Gasteiger partial charge in [-0.15, -0.1) is 6.58 Å². The monoisotopic (exact) mass is 120 g/mol. The molecule has 3 heteroatoms. The molecule has 2 nitrogen and oxygen atoms in total. The lowest BCUT2D eigenvalue weighted by Crippen LogP contribution is -2.03. The summed E-state index contributed by atoms with van der Waals surface area (Å²) in [7, 11) is 0. The normalized spacial score (nSPS) is 18.0. The topological polar surface area (TPSA) is 37.3 Å². The van der Waals surface area contributed by atoms with Gasteiger partial charge in [-0.3, -0.25) is 0 Å². The zero-order chi connectivity index (χ0) is 5.86. The van der Waals surface area contributed by atoms with Crippen LogP contribution in [0.5, 0.6) is 0 Å². The maximum atomic E-state index is 9.97. The van der Waals surface area contributed by atoms with Gasteiger partial charge in [0.1, 0.15) is 0 Å². The van der Waals surface area contributed by atoms with Gasteiger partial charge >= 0.3 is 0 Å². The first-order valence-electron chi connectivity index (χ1n) is 1.90. The average molecular weight is 120 g/mol. The predicted octanol–water partition coefficient (Wildman–Crippen LogP) is 0.783. The van der Waals surface area contributed by atoms with Crippen LogP contribution in [-0.2, 0) is 11.1 Å². The predicted molar refractivity (Wildman–Crippen MR) is 30.4 cm³/mol. The molecule has 0 aromatic rings. The molecule has 42 valence electrons. The highest BCUT2D eigenvalue weighted by molar-refractivity contribution is 7.80. The van der Waals surface area contributed by atoms with Gasteiger partial charge in [-0.2, -0.15) is 0 Å². The van der Waals surface area contributed by atoms with E-state index in [0.29, 0.717) is 0 Å². The molecule has 2 unspecified atom stereocenters. The Morgan fingerprint density at radius 1 is 2.00 bits per heavy atom. The van der Waals surface area contributed by atoms with Crippen molar-refractivity contribution in [3.8, 4) is 0 Å². The highest BCUT2D eigenvalue weighted by atomic mass is 32.2. The Morgan fingerprint density at radius 3 is 2.43 bits per heavy atom. The Bertz CT molecular complexity index is 89.7. The molecule has 1 N–H and O–H groups in total. The lowest BCUT2D eigenvalue weighted by atomic mass is 10.5. The first-order valence-corrected chi connectivity index (χ1v) is 3.07. The summed E-state index contributed by atoms with van der Waals surface area (Å²) in [5, 5.41) is -0.306. The third-order valence-electron chi connectivity index (χ3n) is 0.650. The van der Waals surface area contributed by atoms with Crippen LogP contribution in [0.1, 0.15) is 6.92 Å². The van der Waals surface area contributed by atoms with Crippen LogP contribution in [0.3, 0.4) is 0 Å². The Hall–Kier alpha value is -0.150. The summed E-state index contributed by atoms with van der Waals surface area (Å²) in [6.45, 7) is 4.96. The molecule has 0 amide bonds. The van der Waals surface area contributed by atoms with Crippen molar-refractivity contribution in [1.29, 1.82) is 0 Å². The quantitative estimate of drug-likeness (QED) is 0.432. The van der Waals surface area contributed by atoms with Gasteiger partial charge in [0.05, 0.1) is 5.25 Å². The van der Waals surface area contributed by atoms with E-state index in [4.69, 9.17) is 4.55 Å². The lowest BCUT2D eigenvalue weighted by molar-refractivity contribution is 0.559. The molecule has 0 saturated carbocycles. The average Bonchev–Trinajstić information content (AvgIpc) is 1.65. The molecule has 0 saturated heterocycles. The molecule has 0 rings (SSSR count). The number of hydrogen-bond donors (Lipinski definition) is 1. The molecule has 0 fully saturated rings. The largest absolute Gasteiger partial charge is 0.306 e. The van der Waals surface area contributed by atoms with E-state index in [-0.39, 0.29) is 5.25 Å². The first-order chi connectivity index (χ1) is 3.18. The fraction of sp³-hybridized carbons (Fsp3) is 0.500. The van der Waals surface area contributed by atoms with Crippen LogP contribution in [0.25, 0.3) is 0 Å². The summed E-state index contributed by atoms with van der Waals surface area (Å²) >= 11 is -1.73. The van der Waals surface area contributed by atoms with Crippen LogP contribution in [0.4, 0.5) is 0 Å². The van der Waals surface area contributed by atoms with Crippen LogP contribution >= 0.6 is 0 Å². The summed E-state index contributed by atoms with van der Waals surface area (Å²) < 4.78 is 18.2. The molecular formula is C4H8O2S. The van der Waals surface area contributed by atoms with E-state index in [9.17, 15) is 4.21 Å². The van der Waals surface area contributed by atoms with E-state index >= 15 is 0 Å². The van der Waals surface area contributed by atoms with E-state index in [1.807, 2.05) is 0 Å². The second-order valence-corrected chi connectivity index (χ2v) is 2.51. The Balaban J connectivity index is 3.55. The van der Waals surface area contributed by atoms with Crippen molar-refractivity contribution in [3.05, 3.63) is 12.7 Å². The lowest BCUT2D eigenvalue weighted by Gasteiger charge is -1.93. The van der Waals surface area contributed by atoms with Gasteiger partial charge in [0.15, 0.2) is 11.1 Å². The van der Waals surface area contributed by atoms with Gasteiger partial charge in [-0.25, -0.2) is 4.21 Å². The van der Waals surface area contributed by atoms with Gasteiger partial charge in [-0.05, 0) is 6.92 Å². The van der Waals surface area contributed by atoms with E-state index in [0.717, 1.165) is 0 Å². The van der Waals surface area contributed by atoms with Crippen LogP contribution in [0.2, 0.25) is 0 Å². The Kier molecular flexibility index (Phi) is 2.87. The molecule has 0 aromatic carbocycles. The van der Waals surface area contributed by atoms with Crippen molar-refractivity contribution in [3.63, 3.8) is 0 Å². The highest BCUT2D eigenvalue weighted by Gasteiger charge is 1.98. The van der Waals surface area contributed by atoms with Gasteiger partial charge in [0.25, 0.3) is 0 Å². The summed E-state index contributed by atoms with van der Waals surface area (Å²) in [4.78, 5) is 0. The third-order valence-corrected chi connectivity index (χ3v) is 1.48. The molecule has 0 heterocycles. The SMILES string of the molecule is C=CC(C)S(=O)O. The first kappa shape index (κ1) is 6.85. The second-order valence-electron chi connectivity index (χ2n) is 1.22. The Morgan fingerprint density at radius 2 is 2.43 bits per heavy atom. The minimum atomic E-state index is -1.73. The van der Waals surface area contributed by atoms with Crippen molar-refractivity contribution in [1.82, 2.24) is 0 Å². The minimum Gasteiger partial charge on any atom is -0.306 e. The van der Waals surface area contributed by atoms with Gasteiger partial charge in [0, 0.05) is 0 Å². The van der Waals surface area contributed by atoms with Crippen molar-refractivity contribution >= 4 is 11.1 Å². The molecule has 0 aromatic heterocycles. The molecule has 0 radical (unpaired) electrons. The maximum Gasteiger partial charge on any atom is 0.159 e. The van der Waals surface area contributed by atoms with Crippen molar-refractivity contribution in [2.24, 2.45) is 0 Å². The molecule has 0 aliphatic carbocycles. The fourth-order valence-corrected chi connectivity index (χ4v) is 0.247. The van der Waals surface area contributed by atoms with E-state index < -0.39 is 11.1 Å². The molecule has 0 bridgehead atoms. The van der Waals surface area contributed by atoms with E-state index in [1.54, 1.807) is 6.92 Å². The third kappa shape index (κ3) is 2.53. The zero-order valence-corrected chi connectivity index (χ0v) is 4.94. The van der Waals surface area contributed by atoms with E-state index in [1.165, 1.54) is 6.08 Å². The van der Waals surface area contributed by atoms with Crippen LogP contribution < -0.4 is 0 Å². The molecule has 2 atom stereocenters. The number of rotatable bonds is 2. The van der Waals surface area contributed by atoms with Crippen LogP contribution in [-0.4, -0.2) is 14.0 Å². The van der Waals surface area contributed by atoms with Crippen LogP contribution in [0.15, 0.2) is 12.7 Å². The maximum absolute atomic E-state index is 9.97. The van der Waals surface area contributed by atoms with Crippen LogP contribution in [0, 0.1) is 0 Å². The summed E-state index contributed by atoms with van der Waals surface area (Å²) in [5.74, 6) is 0. The zero-order valence-electron chi connectivity index (χ0n) is 4.13. The molecular weight excluding hydrogens is 112 g/mol. The second kappa shape index (κ2) is 2.93. The molecule has 0 aliphatic heterocycles. The van der Waals surface area contributed by atoms with Gasteiger partial charge in [0.2, 0.25) is 0 Å². The number of hydrogen-bond acceptors (Lipinski definition) is 1. The highest BCUT2D eigenvalue weighted by Crippen LogP contribution is 1.89. The summed E-state index contributed by atoms with van der Waals surface area (Å²) in [6, 6.07) is 0.